The van der Waals surface area contributed by atoms with E-state index in [0.29, 0.717) is 5.41 Å². The monoisotopic (exact) mass is 346 g/mol. The number of hydrogen-bond donors (Lipinski definition) is 0. The van der Waals surface area contributed by atoms with Gasteiger partial charge < -0.3 is 4.90 Å². The van der Waals surface area contributed by atoms with Crippen molar-refractivity contribution in [1.82, 2.24) is 8.01 Å². The van der Waals surface area contributed by atoms with Gasteiger partial charge in [-0.1, -0.05) is 6.42 Å². The molecule has 4 aliphatic rings. The van der Waals surface area contributed by atoms with Crippen molar-refractivity contribution in [2.24, 2.45) is 17.3 Å². The van der Waals surface area contributed by atoms with Crippen LogP contribution in [-0.4, -0.2) is 39.7 Å². The summed E-state index contributed by atoms with van der Waals surface area (Å²) in [5.41, 5.74) is 0.708. The highest BCUT2D eigenvalue weighted by Gasteiger charge is 2.63. The van der Waals surface area contributed by atoms with Crippen LogP contribution >= 0.6 is 22.9 Å². The van der Waals surface area contributed by atoms with Crippen molar-refractivity contribution < 1.29 is 0 Å². The Morgan fingerprint density at radius 1 is 1.18 bits per heavy atom. The van der Waals surface area contributed by atoms with Gasteiger partial charge in [-0.25, -0.2) is 3.11 Å². The first-order valence-corrected chi connectivity index (χ1v) is 8.31. The zero-order chi connectivity index (χ0) is 11.6. The van der Waals surface area contributed by atoms with Crippen molar-refractivity contribution in [3.8, 4) is 0 Å². The minimum absolute atomic E-state index is 0.708. The highest BCUT2D eigenvalue weighted by atomic mass is 127. The minimum atomic E-state index is 0.708. The second-order valence-electron chi connectivity index (χ2n) is 7.12. The van der Waals surface area contributed by atoms with Crippen LogP contribution in [0.1, 0.15) is 39.0 Å². The molecule has 96 valence electrons. The smallest absolute Gasteiger partial charge is 0.0273 e. The Labute approximate surface area is 119 Å². The third-order valence-electron chi connectivity index (χ3n) is 5.91. The number of halogens is 1. The molecule has 17 heavy (non-hydrogen) atoms. The third-order valence-corrected chi connectivity index (χ3v) is 7.53. The maximum atomic E-state index is 2.82. The number of piperidine rings is 1. The van der Waals surface area contributed by atoms with Gasteiger partial charge in [0.15, 0.2) is 0 Å². The van der Waals surface area contributed by atoms with Crippen LogP contribution in [0.15, 0.2) is 0 Å². The van der Waals surface area contributed by atoms with Crippen molar-refractivity contribution in [2.45, 2.75) is 51.1 Å². The van der Waals surface area contributed by atoms with Crippen LogP contribution in [0, 0.1) is 17.3 Å². The summed E-state index contributed by atoms with van der Waals surface area (Å²) in [4.78, 5) is 2.82. The maximum absolute atomic E-state index is 2.82. The van der Waals surface area contributed by atoms with Gasteiger partial charge in [0.25, 0.3) is 0 Å². The van der Waals surface area contributed by atoms with Crippen LogP contribution in [0.5, 0.6) is 0 Å². The van der Waals surface area contributed by atoms with E-state index < -0.39 is 0 Å². The molecule has 0 N–H and O–H groups in total. The van der Waals surface area contributed by atoms with Crippen LogP contribution < -0.4 is 0 Å². The van der Waals surface area contributed by atoms with Gasteiger partial charge in [-0.2, -0.15) is 0 Å². The summed E-state index contributed by atoms with van der Waals surface area (Å²) in [5, 5.41) is 0. The van der Waals surface area contributed by atoms with E-state index in [0.717, 1.165) is 23.9 Å². The van der Waals surface area contributed by atoms with Crippen LogP contribution in [0.25, 0.3) is 0 Å². The minimum Gasteiger partial charge on any atom is -0.302 e. The summed E-state index contributed by atoms with van der Waals surface area (Å²) in [6.07, 6.45) is 7.48. The largest absolute Gasteiger partial charge is 0.302 e. The van der Waals surface area contributed by atoms with Gasteiger partial charge in [0, 0.05) is 60.0 Å². The Morgan fingerprint density at radius 2 is 1.88 bits per heavy atom. The number of fused-ring (bicyclic) bond motifs is 2. The molecule has 4 fully saturated rings. The quantitative estimate of drug-likeness (QED) is 0.560. The molecule has 0 radical (unpaired) electrons. The normalized spacial score (nSPS) is 54.0. The molecule has 2 saturated carbocycles. The fraction of sp³-hybridized carbons (Fsp3) is 1.00. The Balaban J connectivity index is 1.40. The van der Waals surface area contributed by atoms with E-state index in [4.69, 9.17) is 0 Å². The predicted molar refractivity (Wildman–Crippen MR) is 78.0 cm³/mol. The van der Waals surface area contributed by atoms with Crippen LogP contribution in [0.2, 0.25) is 0 Å². The lowest BCUT2D eigenvalue weighted by atomic mass is 10.00. The lowest BCUT2D eigenvalue weighted by Crippen LogP contribution is -2.30. The van der Waals surface area contributed by atoms with E-state index in [1.54, 1.807) is 0 Å². The Hall–Kier alpha value is 0.650. The highest BCUT2D eigenvalue weighted by molar-refractivity contribution is 14.1. The van der Waals surface area contributed by atoms with E-state index >= 15 is 0 Å². The zero-order valence-corrected chi connectivity index (χ0v) is 12.9. The van der Waals surface area contributed by atoms with E-state index in [2.05, 4.69) is 37.8 Å². The highest BCUT2D eigenvalue weighted by Crippen LogP contribution is 2.61. The molecule has 2 aliphatic heterocycles. The number of nitrogens with zero attached hydrogens (tertiary/aromatic N) is 2. The molecule has 0 bridgehead atoms. The Morgan fingerprint density at radius 3 is 2.47 bits per heavy atom. The van der Waals surface area contributed by atoms with Gasteiger partial charge >= 0.3 is 0 Å². The van der Waals surface area contributed by atoms with E-state index in [-0.39, 0.29) is 0 Å². The number of hydrogen-bond acceptors (Lipinski definition) is 2. The van der Waals surface area contributed by atoms with E-state index in [1.165, 1.54) is 51.7 Å². The second-order valence-corrected chi connectivity index (χ2v) is 8.24. The van der Waals surface area contributed by atoms with Crippen molar-refractivity contribution in [2.75, 3.05) is 19.6 Å². The summed E-state index contributed by atoms with van der Waals surface area (Å²) in [5.74, 6) is 2.14. The molecular formula is C14H23IN2. The molecule has 5 atom stereocenters. The zero-order valence-electron chi connectivity index (χ0n) is 10.7. The lowest BCUT2D eigenvalue weighted by Gasteiger charge is -2.22. The second kappa shape index (κ2) is 3.83. The summed E-state index contributed by atoms with van der Waals surface area (Å²) in [6, 6.07) is 1.73. The molecule has 0 aromatic heterocycles. The first kappa shape index (κ1) is 11.5. The average Bonchev–Trinajstić information content (AvgIpc) is 2.58. The molecule has 2 aliphatic carbocycles. The maximum Gasteiger partial charge on any atom is 0.0273 e. The van der Waals surface area contributed by atoms with Crippen molar-refractivity contribution in [3.05, 3.63) is 0 Å². The predicted octanol–water partition coefficient (Wildman–Crippen LogP) is 2.92. The fourth-order valence-corrected chi connectivity index (χ4v) is 6.00. The van der Waals surface area contributed by atoms with Gasteiger partial charge in [0.05, 0.1) is 0 Å². The molecule has 0 amide bonds. The van der Waals surface area contributed by atoms with Gasteiger partial charge in [0.2, 0.25) is 0 Å². The number of likely N-dealkylation sites (tertiary alicyclic amines) is 1. The Bertz CT molecular complexity index is 322. The SMILES string of the molecule is C[C@@H]1CC2(CN3CC4CCCC4C3)CC2N1I. The first-order chi connectivity index (χ1) is 8.18. The van der Waals surface area contributed by atoms with Gasteiger partial charge in [-0.15, -0.1) is 0 Å². The van der Waals surface area contributed by atoms with Crippen molar-refractivity contribution >= 4 is 22.9 Å². The molecule has 3 heteroatoms. The van der Waals surface area contributed by atoms with Crippen LogP contribution in [0.3, 0.4) is 0 Å². The summed E-state index contributed by atoms with van der Waals surface area (Å²) in [6.45, 7) is 6.66. The number of rotatable bonds is 2. The van der Waals surface area contributed by atoms with Gasteiger partial charge in [-0.05, 0) is 44.4 Å². The van der Waals surface area contributed by atoms with Gasteiger partial charge in [-0.3, -0.25) is 0 Å². The molecule has 2 heterocycles. The third kappa shape index (κ3) is 1.71. The molecule has 4 unspecified atom stereocenters. The molecule has 2 nitrogen and oxygen atoms in total. The molecule has 0 aromatic carbocycles. The summed E-state index contributed by atoms with van der Waals surface area (Å²) in [7, 11) is 0. The van der Waals surface area contributed by atoms with E-state index in [9.17, 15) is 0 Å². The lowest BCUT2D eigenvalue weighted by molar-refractivity contribution is 0.243. The fourth-order valence-electron chi connectivity index (χ4n) is 5.02. The first-order valence-electron chi connectivity index (χ1n) is 7.34. The molecule has 4 rings (SSSR count). The van der Waals surface area contributed by atoms with Gasteiger partial charge in [0.1, 0.15) is 0 Å². The van der Waals surface area contributed by atoms with Crippen molar-refractivity contribution in [1.29, 1.82) is 0 Å². The molecule has 0 aromatic rings. The molecule has 0 spiro atoms. The molecular weight excluding hydrogens is 323 g/mol. The summed E-state index contributed by atoms with van der Waals surface area (Å²) < 4.78 is 2.61. The van der Waals surface area contributed by atoms with Crippen LogP contribution in [-0.2, 0) is 0 Å². The Kier molecular flexibility index (Phi) is 2.58. The van der Waals surface area contributed by atoms with Crippen LogP contribution in [0.4, 0.5) is 0 Å². The standard InChI is InChI=1S/C14H23IN2/c1-10-5-14(6-13(14)17(10)15)9-16-7-11-3-2-4-12(11)8-16/h10-13H,2-9H2,1H3/t10-,11?,12?,13?,14?/m1/s1. The average molecular weight is 346 g/mol. The van der Waals surface area contributed by atoms with E-state index in [1.807, 2.05) is 0 Å². The van der Waals surface area contributed by atoms with Crippen molar-refractivity contribution in [3.63, 3.8) is 0 Å². The summed E-state index contributed by atoms with van der Waals surface area (Å²) >= 11 is 2.56. The molecule has 2 saturated heterocycles. The topological polar surface area (TPSA) is 6.48 Å².